The lowest BCUT2D eigenvalue weighted by molar-refractivity contribution is -0.123. The summed E-state index contributed by atoms with van der Waals surface area (Å²) in [6.07, 6.45) is -0.262. The molecule has 2 aromatic rings. The average Bonchev–Trinajstić information content (AvgIpc) is 3.00. The minimum Gasteiger partial charge on any atom is -0.360 e. The van der Waals surface area contributed by atoms with E-state index < -0.39 is 29.5 Å². The molecule has 1 N–H and O–H groups in total. The van der Waals surface area contributed by atoms with Gasteiger partial charge in [0.25, 0.3) is 17.6 Å². The van der Waals surface area contributed by atoms with Gasteiger partial charge in [-0.1, -0.05) is 6.57 Å². The predicted octanol–water partition coefficient (Wildman–Crippen LogP) is 3.50. The van der Waals surface area contributed by atoms with E-state index in [-0.39, 0.29) is 35.0 Å². The zero-order valence-electron chi connectivity index (χ0n) is 18.2. The molecule has 1 aliphatic heterocycles. The van der Waals surface area contributed by atoms with Gasteiger partial charge in [-0.05, 0) is 68.2 Å². The number of nitrogens with zero attached hydrogens (tertiary/aromatic N) is 4. The molecule has 1 saturated carbocycles. The summed E-state index contributed by atoms with van der Waals surface area (Å²) in [6, 6.07) is 5.39. The molecule has 2 amide bonds. The van der Waals surface area contributed by atoms with Crippen LogP contribution in [0, 0.1) is 19.3 Å². The lowest BCUT2D eigenvalue weighted by Crippen LogP contribution is -2.55. The van der Waals surface area contributed by atoms with Gasteiger partial charge in [-0.25, -0.2) is 4.39 Å². The van der Waals surface area contributed by atoms with Gasteiger partial charge in [0.05, 0.1) is 11.3 Å². The SMILES string of the molecule is [2H]C1([2H])CCC12C(=O)N(c1cnc([N+]#[C-])c(C)c1)C(=S)N2c1ccc(C(=O)NC)c(F)c1. The van der Waals surface area contributed by atoms with Crippen LogP contribution in [0.3, 0.4) is 0 Å². The number of anilines is 2. The first-order chi connectivity index (χ1) is 15.1. The largest absolute Gasteiger partial charge is 0.360 e. The molecule has 152 valence electrons. The van der Waals surface area contributed by atoms with Crippen LogP contribution in [-0.2, 0) is 4.79 Å². The molecule has 1 saturated heterocycles. The number of aryl methyl sites for hydroxylation is 1. The molecule has 1 unspecified atom stereocenters. The van der Waals surface area contributed by atoms with E-state index in [2.05, 4.69) is 15.1 Å². The number of rotatable bonds is 3. The second-order valence-corrected chi connectivity index (χ2v) is 7.35. The minimum absolute atomic E-state index is 0.0255. The van der Waals surface area contributed by atoms with Crippen molar-refractivity contribution in [3.05, 3.63) is 58.8 Å². The Balaban J connectivity index is 1.85. The highest BCUT2D eigenvalue weighted by atomic mass is 32.1. The van der Waals surface area contributed by atoms with Crippen molar-refractivity contribution in [2.45, 2.75) is 31.7 Å². The molecule has 1 aliphatic carbocycles. The van der Waals surface area contributed by atoms with E-state index >= 15 is 0 Å². The lowest BCUT2D eigenvalue weighted by atomic mass is 9.75. The Morgan fingerprint density at radius 2 is 2.20 bits per heavy atom. The molecule has 1 aromatic heterocycles. The fourth-order valence-electron chi connectivity index (χ4n) is 3.68. The molecule has 0 bridgehead atoms. The van der Waals surface area contributed by atoms with Gasteiger partial charge in [0.1, 0.15) is 17.6 Å². The van der Waals surface area contributed by atoms with Crippen molar-refractivity contribution in [3.8, 4) is 0 Å². The number of nitrogens with one attached hydrogen (secondary N) is 1. The molecule has 1 spiro atoms. The second-order valence-electron chi connectivity index (χ2n) is 6.98. The molecular formula is C21H18FN5O2S. The molecule has 1 aromatic carbocycles. The standard InChI is InChI=1S/C21H18FN5O2S/c1-12-9-14(11-25-17(12)23-2)26-19(29)21(7-4-8-21)27(20(26)30)13-5-6-15(16(22)10-13)18(28)24-3/h5-6,9-11H,4,7-8H2,1,3H3,(H,24,28)/i7D2. The van der Waals surface area contributed by atoms with Crippen LogP contribution >= 0.6 is 12.2 Å². The van der Waals surface area contributed by atoms with Crippen molar-refractivity contribution in [2.75, 3.05) is 16.8 Å². The van der Waals surface area contributed by atoms with Gasteiger partial charge in [-0.3, -0.25) is 14.5 Å². The summed E-state index contributed by atoms with van der Waals surface area (Å²) in [5.41, 5.74) is -0.806. The predicted molar refractivity (Wildman–Crippen MR) is 114 cm³/mol. The molecule has 9 heteroatoms. The van der Waals surface area contributed by atoms with Crippen molar-refractivity contribution < 1.29 is 16.7 Å². The van der Waals surface area contributed by atoms with E-state index in [1.807, 2.05) is 0 Å². The zero-order chi connectivity index (χ0) is 23.4. The van der Waals surface area contributed by atoms with Gasteiger partial charge in [-0.2, -0.15) is 0 Å². The second kappa shape index (κ2) is 7.15. The first-order valence-corrected chi connectivity index (χ1v) is 9.54. The highest BCUT2D eigenvalue weighted by Gasteiger charge is 2.59. The average molecular weight is 425 g/mol. The first-order valence-electron chi connectivity index (χ1n) is 10.1. The Labute approximate surface area is 181 Å². The van der Waals surface area contributed by atoms with E-state index in [1.165, 1.54) is 35.2 Å². The summed E-state index contributed by atoms with van der Waals surface area (Å²) < 4.78 is 31.7. The van der Waals surface area contributed by atoms with Gasteiger partial charge in [-0.15, -0.1) is 4.98 Å². The summed E-state index contributed by atoms with van der Waals surface area (Å²) in [6.45, 7) is 8.84. The van der Waals surface area contributed by atoms with E-state index in [1.54, 1.807) is 13.0 Å². The van der Waals surface area contributed by atoms with Gasteiger partial charge in [0.2, 0.25) is 0 Å². The number of carbonyl (C=O) groups excluding carboxylic acids is 2. The number of halogens is 1. The number of hydrogen-bond acceptors (Lipinski definition) is 4. The topological polar surface area (TPSA) is 69.9 Å². The molecule has 7 nitrogen and oxygen atoms in total. The third-order valence-corrected chi connectivity index (χ3v) is 5.67. The van der Waals surface area contributed by atoms with E-state index in [0.29, 0.717) is 11.3 Å². The van der Waals surface area contributed by atoms with Crippen molar-refractivity contribution >= 4 is 46.3 Å². The number of carbonyl (C=O) groups is 2. The number of hydrogen-bond donors (Lipinski definition) is 1. The first kappa shape index (κ1) is 17.5. The number of aromatic nitrogens is 1. The fourth-order valence-corrected chi connectivity index (χ4v) is 4.13. The van der Waals surface area contributed by atoms with Crippen molar-refractivity contribution in [1.82, 2.24) is 10.3 Å². The maximum atomic E-state index is 14.7. The lowest BCUT2D eigenvalue weighted by Gasteiger charge is -2.43. The van der Waals surface area contributed by atoms with Crippen molar-refractivity contribution in [1.29, 1.82) is 0 Å². The van der Waals surface area contributed by atoms with Crippen LogP contribution in [0.5, 0.6) is 0 Å². The summed E-state index contributed by atoms with van der Waals surface area (Å²) in [7, 11) is 1.38. The molecule has 1 atom stereocenters. The van der Waals surface area contributed by atoms with Crippen molar-refractivity contribution in [2.24, 2.45) is 0 Å². The number of amides is 2. The molecule has 2 aliphatic rings. The normalized spacial score (nSPS) is 23.0. The highest BCUT2D eigenvalue weighted by molar-refractivity contribution is 7.81. The van der Waals surface area contributed by atoms with Crippen LogP contribution in [0.15, 0.2) is 30.5 Å². The Hall–Kier alpha value is -3.38. The number of thiocarbonyl (C=S) groups is 1. The van der Waals surface area contributed by atoms with Crippen LogP contribution in [0.2, 0.25) is 0 Å². The molecule has 30 heavy (non-hydrogen) atoms. The van der Waals surface area contributed by atoms with Gasteiger partial charge in [0, 0.05) is 15.5 Å². The van der Waals surface area contributed by atoms with Gasteiger partial charge >= 0.3 is 0 Å². The van der Waals surface area contributed by atoms with Crippen LogP contribution < -0.4 is 15.1 Å². The Bertz CT molecular complexity index is 1230. The van der Waals surface area contributed by atoms with Gasteiger partial charge in [0.15, 0.2) is 5.11 Å². The maximum absolute atomic E-state index is 14.7. The quantitative estimate of drug-likeness (QED) is 0.602. The third kappa shape index (κ3) is 2.75. The molecule has 2 fully saturated rings. The van der Waals surface area contributed by atoms with E-state index in [0.717, 1.165) is 6.07 Å². The summed E-state index contributed by atoms with van der Waals surface area (Å²) in [5.74, 6) is -1.81. The Morgan fingerprint density at radius 3 is 2.73 bits per heavy atom. The molecule has 2 heterocycles. The van der Waals surface area contributed by atoms with Crippen LogP contribution in [0.1, 0.15) is 37.9 Å². The van der Waals surface area contributed by atoms with Crippen molar-refractivity contribution in [3.63, 3.8) is 0 Å². The molecule has 0 radical (unpaired) electrons. The van der Waals surface area contributed by atoms with E-state index in [4.69, 9.17) is 21.5 Å². The third-order valence-electron chi connectivity index (χ3n) is 5.31. The molecular weight excluding hydrogens is 405 g/mol. The van der Waals surface area contributed by atoms with Crippen LogP contribution in [-0.4, -0.2) is 34.5 Å². The number of pyridine rings is 1. The Kier molecular flexibility index (Phi) is 4.16. The van der Waals surface area contributed by atoms with Crippen LogP contribution in [0.25, 0.3) is 4.85 Å². The summed E-state index contributed by atoms with van der Waals surface area (Å²) >= 11 is 5.58. The molecule has 4 rings (SSSR count). The van der Waals surface area contributed by atoms with E-state index in [9.17, 15) is 14.0 Å². The van der Waals surface area contributed by atoms with Gasteiger partial charge < -0.3 is 15.1 Å². The monoisotopic (exact) mass is 425 g/mol. The van der Waals surface area contributed by atoms with Crippen LogP contribution in [0.4, 0.5) is 21.6 Å². The highest BCUT2D eigenvalue weighted by Crippen LogP contribution is 2.48. The minimum atomic E-state index is -1.92. The zero-order valence-corrected chi connectivity index (χ0v) is 17.0. The summed E-state index contributed by atoms with van der Waals surface area (Å²) in [5, 5.41) is 2.33. The summed E-state index contributed by atoms with van der Waals surface area (Å²) in [4.78, 5) is 35.4. The Morgan fingerprint density at radius 1 is 1.43 bits per heavy atom. The number of benzene rings is 1. The smallest absolute Gasteiger partial charge is 0.272 e. The fraction of sp³-hybridized carbons (Fsp3) is 0.286. The maximum Gasteiger partial charge on any atom is 0.272 e.